The first-order valence-corrected chi connectivity index (χ1v) is 8.15. The molecule has 1 heterocycles. The van der Waals surface area contributed by atoms with Crippen LogP contribution in [0.4, 0.5) is 0 Å². The summed E-state index contributed by atoms with van der Waals surface area (Å²) >= 11 is 5.86. The summed E-state index contributed by atoms with van der Waals surface area (Å²) in [5.41, 5.74) is 0.970. The van der Waals surface area contributed by atoms with Crippen molar-refractivity contribution < 1.29 is 4.79 Å². The lowest BCUT2D eigenvalue weighted by Gasteiger charge is -2.27. The number of benzene rings is 1. The van der Waals surface area contributed by atoms with Gasteiger partial charge in [0, 0.05) is 16.6 Å². The molecule has 2 aromatic rings. The van der Waals surface area contributed by atoms with E-state index in [1.165, 1.54) is 4.80 Å². The first kappa shape index (κ1) is 15.9. The third-order valence-corrected chi connectivity index (χ3v) is 4.68. The van der Waals surface area contributed by atoms with Gasteiger partial charge in [-0.3, -0.25) is 4.79 Å². The van der Waals surface area contributed by atoms with Gasteiger partial charge in [0.05, 0.1) is 0 Å². The van der Waals surface area contributed by atoms with Crippen molar-refractivity contribution in [3.63, 3.8) is 0 Å². The fraction of sp³-hybridized carbons (Fsp3) is 0.500. The number of rotatable bonds is 4. The van der Waals surface area contributed by atoms with E-state index in [0.717, 1.165) is 24.8 Å². The molecule has 1 saturated carbocycles. The number of nitrogens with one attached hydrogen (secondary N) is 1. The molecule has 1 aliphatic rings. The van der Waals surface area contributed by atoms with Crippen LogP contribution in [0.1, 0.15) is 33.1 Å². The summed E-state index contributed by atoms with van der Waals surface area (Å²) in [4.78, 5) is 13.5. The number of halogens is 1. The fourth-order valence-electron chi connectivity index (χ4n) is 2.99. The summed E-state index contributed by atoms with van der Waals surface area (Å²) in [7, 11) is 0. The molecule has 0 bridgehead atoms. The summed E-state index contributed by atoms with van der Waals surface area (Å²) in [6.07, 6.45) is 3.32. The minimum absolute atomic E-state index is 0.0766. The van der Waals surface area contributed by atoms with Gasteiger partial charge in [0.2, 0.25) is 11.7 Å². The number of nitrogens with zero attached hydrogens (tertiary/aromatic N) is 4. The van der Waals surface area contributed by atoms with Gasteiger partial charge in [-0.25, -0.2) is 0 Å². The van der Waals surface area contributed by atoms with Crippen molar-refractivity contribution in [1.82, 2.24) is 25.5 Å². The highest BCUT2D eigenvalue weighted by atomic mass is 35.5. The molecule has 1 fully saturated rings. The number of carbonyl (C=O) groups is 1. The zero-order chi connectivity index (χ0) is 16.4. The van der Waals surface area contributed by atoms with Gasteiger partial charge in [-0.05, 0) is 47.7 Å². The second-order valence-corrected chi connectivity index (χ2v) is 7.09. The molecule has 1 amide bonds. The molecular weight excluding hydrogens is 314 g/mol. The molecule has 6 nitrogen and oxygen atoms in total. The van der Waals surface area contributed by atoms with E-state index in [9.17, 15) is 4.79 Å². The predicted molar refractivity (Wildman–Crippen MR) is 87.8 cm³/mol. The number of hydrogen-bond donors (Lipinski definition) is 1. The number of carbonyl (C=O) groups excluding carboxylic acids is 1. The molecule has 1 aliphatic carbocycles. The Morgan fingerprint density at radius 1 is 1.39 bits per heavy atom. The molecule has 1 aromatic carbocycles. The Morgan fingerprint density at radius 3 is 2.78 bits per heavy atom. The number of tetrazole rings is 1. The molecule has 0 spiro atoms. The second-order valence-electron chi connectivity index (χ2n) is 6.65. The molecule has 0 radical (unpaired) electrons. The van der Waals surface area contributed by atoms with Gasteiger partial charge >= 0.3 is 0 Å². The fourth-order valence-corrected chi connectivity index (χ4v) is 3.11. The minimum Gasteiger partial charge on any atom is -0.351 e. The van der Waals surface area contributed by atoms with E-state index < -0.39 is 0 Å². The van der Waals surface area contributed by atoms with E-state index >= 15 is 0 Å². The van der Waals surface area contributed by atoms with Crippen molar-refractivity contribution in [2.24, 2.45) is 5.41 Å². The summed E-state index contributed by atoms with van der Waals surface area (Å²) in [6, 6.07) is 7.41. The molecule has 23 heavy (non-hydrogen) atoms. The maximum Gasteiger partial charge on any atom is 0.243 e. The van der Waals surface area contributed by atoms with Crippen molar-refractivity contribution in [3.8, 4) is 11.4 Å². The lowest BCUT2D eigenvalue weighted by atomic mass is 9.87. The third kappa shape index (κ3) is 3.69. The van der Waals surface area contributed by atoms with Crippen molar-refractivity contribution in [2.75, 3.05) is 0 Å². The van der Waals surface area contributed by atoms with E-state index in [4.69, 9.17) is 11.6 Å². The van der Waals surface area contributed by atoms with Crippen LogP contribution in [-0.4, -0.2) is 32.2 Å². The average Bonchev–Trinajstić information content (AvgIpc) is 3.07. The summed E-state index contributed by atoms with van der Waals surface area (Å²) < 4.78 is 0. The topological polar surface area (TPSA) is 72.7 Å². The van der Waals surface area contributed by atoms with Gasteiger partial charge in [-0.2, -0.15) is 4.80 Å². The summed E-state index contributed by atoms with van der Waals surface area (Å²) in [6.45, 7) is 4.46. The van der Waals surface area contributed by atoms with Crippen LogP contribution in [0.3, 0.4) is 0 Å². The van der Waals surface area contributed by atoms with Gasteiger partial charge in [-0.1, -0.05) is 31.9 Å². The van der Waals surface area contributed by atoms with Crippen LogP contribution in [0, 0.1) is 5.41 Å². The molecule has 1 unspecified atom stereocenters. The molecule has 0 saturated heterocycles. The molecular formula is C16H20ClN5O. The molecule has 122 valence electrons. The third-order valence-electron chi connectivity index (χ3n) is 4.43. The Kier molecular flexibility index (Phi) is 4.35. The van der Waals surface area contributed by atoms with Crippen LogP contribution >= 0.6 is 11.6 Å². The van der Waals surface area contributed by atoms with Crippen LogP contribution in [0.25, 0.3) is 11.4 Å². The SMILES string of the molecule is CC1(C)CCCC1NC(=O)Cn1nnc(-c2ccc(Cl)cc2)n1. The average molecular weight is 334 g/mol. The smallest absolute Gasteiger partial charge is 0.243 e. The maximum atomic E-state index is 12.2. The van der Waals surface area contributed by atoms with Gasteiger partial charge in [0.15, 0.2) is 0 Å². The van der Waals surface area contributed by atoms with Crippen molar-refractivity contribution in [3.05, 3.63) is 29.3 Å². The van der Waals surface area contributed by atoms with E-state index in [1.807, 2.05) is 12.1 Å². The maximum absolute atomic E-state index is 12.2. The summed E-state index contributed by atoms with van der Waals surface area (Å²) in [5, 5.41) is 15.9. The van der Waals surface area contributed by atoms with Crippen LogP contribution < -0.4 is 5.32 Å². The minimum atomic E-state index is -0.0787. The van der Waals surface area contributed by atoms with E-state index in [1.54, 1.807) is 12.1 Å². The van der Waals surface area contributed by atoms with Crippen LogP contribution in [0.5, 0.6) is 0 Å². The Labute approximate surface area is 140 Å². The number of aromatic nitrogens is 4. The van der Waals surface area contributed by atoms with Gasteiger partial charge in [0.1, 0.15) is 6.54 Å². The monoisotopic (exact) mass is 333 g/mol. The van der Waals surface area contributed by atoms with Crippen molar-refractivity contribution >= 4 is 17.5 Å². The Hall–Kier alpha value is -1.95. The molecule has 1 atom stereocenters. The molecule has 7 heteroatoms. The lowest BCUT2D eigenvalue weighted by molar-refractivity contribution is -0.123. The van der Waals surface area contributed by atoms with Crippen LogP contribution in [-0.2, 0) is 11.3 Å². The predicted octanol–water partition coefficient (Wildman–Crippen LogP) is 2.69. The highest BCUT2D eigenvalue weighted by molar-refractivity contribution is 6.30. The Morgan fingerprint density at radius 2 is 2.13 bits per heavy atom. The summed E-state index contributed by atoms with van der Waals surface area (Å²) in [5.74, 6) is 0.403. The molecule has 1 aromatic heterocycles. The zero-order valence-electron chi connectivity index (χ0n) is 13.3. The first-order valence-electron chi connectivity index (χ1n) is 7.77. The largest absolute Gasteiger partial charge is 0.351 e. The first-order chi connectivity index (χ1) is 10.9. The number of hydrogen-bond acceptors (Lipinski definition) is 4. The Bertz CT molecular complexity index is 695. The quantitative estimate of drug-likeness (QED) is 0.933. The highest BCUT2D eigenvalue weighted by Gasteiger charge is 2.35. The van der Waals surface area contributed by atoms with Crippen LogP contribution in [0.2, 0.25) is 5.02 Å². The zero-order valence-corrected chi connectivity index (χ0v) is 14.0. The normalized spacial score (nSPS) is 19.7. The van der Waals surface area contributed by atoms with Gasteiger partial charge in [0.25, 0.3) is 0 Å². The second kappa shape index (κ2) is 6.28. The lowest BCUT2D eigenvalue weighted by Crippen LogP contribution is -2.43. The van der Waals surface area contributed by atoms with Crippen molar-refractivity contribution in [2.45, 2.75) is 45.7 Å². The van der Waals surface area contributed by atoms with Gasteiger partial charge < -0.3 is 5.32 Å². The van der Waals surface area contributed by atoms with Gasteiger partial charge in [-0.15, -0.1) is 10.2 Å². The number of amides is 1. The van der Waals surface area contributed by atoms with Crippen molar-refractivity contribution in [1.29, 1.82) is 0 Å². The highest BCUT2D eigenvalue weighted by Crippen LogP contribution is 2.37. The molecule has 3 rings (SSSR count). The molecule has 1 N–H and O–H groups in total. The standard InChI is InChI=1S/C16H20ClN5O/c1-16(2)9-3-4-13(16)18-14(23)10-22-20-15(19-21-22)11-5-7-12(17)8-6-11/h5-8,13H,3-4,9-10H2,1-2H3,(H,18,23). The van der Waals surface area contributed by atoms with E-state index in [2.05, 4.69) is 34.6 Å². The van der Waals surface area contributed by atoms with E-state index in [-0.39, 0.29) is 23.9 Å². The van der Waals surface area contributed by atoms with E-state index in [0.29, 0.717) is 10.8 Å². The molecule has 0 aliphatic heterocycles. The Balaban J connectivity index is 1.62. The van der Waals surface area contributed by atoms with Crippen LogP contribution in [0.15, 0.2) is 24.3 Å².